The van der Waals surface area contributed by atoms with E-state index in [1.54, 1.807) is 24.9 Å². The highest BCUT2D eigenvalue weighted by Crippen LogP contribution is 2.32. The number of aromatic nitrogens is 3. The number of hydrogen-bond acceptors (Lipinski definition) is 4. The van der Waals surface area contributed by atoms with Crippen molar-refractivity contribution >= 4 is 5.91 Å². The Morgan fingerprint density at radius 1 is 1.17 bits per heavy atom. The third-order valence-corrected chi connectivity index (χ3v) is 5.25. The van der Waals surface area contributed by atoms with E-state index in [-0.39, 0.29) is 18.0 Å². The number of nitrogens with zero attached hydrogens (tertiary/aromatic N) is 4. The molecule has 0 saturated carbocycles. The van der Waals surface area contributed by atoms with Gasteiger partial charge in [0.05, 0.1) is 36.3 Å². The van der Waals surface area contributed by atoms with Crippen LogP contribution < -0.4 is 4.74 Å². The quantitative estimate of drug-likeness (QED) is 0.614. The molecule has 0 aliphatic carbocycles. The van der Waals surface area contributed by atoms with Crippen molar-refractivity contribution in [1.29, 1.82) is 0 Å². The van der Waals surface area contributed by atoms with E-state index in [2.05, 4.69) is 10.1 Å². The molecule has 4 rings (SSSR count). The highest BCUT2D eigenvalue weighted by atomic mass is 19.2. The smallest absolute Gasteiger partial charge is 0.255 e. The summed E-state index contributed by atoms with van der Waals surface area (Å²) >= 11 is 0. The predicted octanol–water partition coefficient (Wildman–Crippen LogP) is 3.41. The molecule has 0 fully saturated rings. The number of benzene rings is 1. The maximum absolute atomic E-state index is 13.7. The van der Waals surface area contributed by atoms with Gasteiger partial charge in [-0.25, -0.2) is 13.2 Å². The van der Waals surface area contributed by atoms with Gasteiger partial charge in [0.2, 0.25) is 0 Å². The van der Waals surface area contributed by atoms with Crippen molar-refractivity contribution in [2.24, 2.45) is 7.05 Å². The number of amides is 1. The molecule has 3 aromatic rings. The molecule has 0 atom stereocenters. The molecule has 6 nitrogen and oxygen atoms in total. The lowest BCUT2D eigenvalue weighted by Gasteiger charge is -2.26. The Hall–Kier alpha value is -3.36. The maximum atomic E-state index is 13.7. The molecule has 1 amide bonds. The number of methoxy groups -OCH3 is 1. The van der Waals surface area contributed by atoms with E-state index in [1.165, 1.54) is 18.0 Å². The number of hydrogen-bond donors (Lipinski definition) is 0. The molecule has 9 heteroatoms. The zero-order valence-electron chi connectivity index (χ0n) is 16.7. The van der Waals surface area contributed by atoms with Gasteiger partial charge in [0.1, 0.15) is 5.75 Å². The van der Waals surface area contributed by atoms with Gasteiger partial charge in [-0.15, -0.1) is 0 Å². The van der Waals surface area contributed by atoms with Gasteiger partial charge >= 0.3 is 0 Å². The number of carbonyl (C=O) groups is 1. The van der Waals surface area contributed by atoms with Crippen LogP contribution in [0.1, 0.15) is 27.3 Å². The number of halogens is 3. The lowest BCUT2D eigenvalue weighted by molar-refractivity contribution is 0.0731. The third kappa shape index (κ3) is 3.30. The molecule has 0 radical (unpaired) electrons. The molecule has 156 valence electrons. The third-order valence-electron chi connectivity index (χ3n) is 5.25. The highest BCUT2D eigenvalue weighted by molar-refractivity contribution is 5.94. The maximum Gasteiger partial charge on any atom is 0.255 e. The van der Waals surface area contributed by atoms with Gasteiger partial charge in [-0.3, -0.25) is 14.5 Å². The van der Waals surface area contributed by atoms with Crippen molar-refractivity contribution in [3.63, 3.8) is 0 Å². The standard InChI is InChI=1S/C21H19F3N4O2/c1-11-18(30-3)8-13(9-25-11)21(29)28-5-4-14-17(10-28)26-27(2)20(14)12-6-15(22)19(24)16(23)7-12/h6-9H,4-5,10H2,1-3H3. The number of pyridine rings is 1. The molecule has 0 saturated heterocycles. The first-order valence-electron chi connectivity index (χ1n) is 9.29. The fraction of sp³-hybridized carbons (Fsp3) is 0.286. The second-order valence-corrected chi connectivity index (χ2v) is 7.14. The van der Waals surface area contributed by atoms with E-state index in [4.69, 9.17) is 4.74 Å². The van der Waals surface area contributed by atoms with Crippen molar-refractivity contribution in [2.45, 2.75) is 19.9 Å². The summed E-state index contributed by atoms with van der Waals surface area (Å²) in [7, 11) is 3.16. The molecular weight excluding hydrogens is 397 g/mol. The average Bonchev–Trinajstić information content (AvgIpc) is 3.06. The van der Waals surface area contributed by atoms with Gasteiger partial charge in [0.25, 0.3) is 5.91 Å². The van der Waals surface area contributed by atoms with E-state index in [1.807, 2.05) is 0 Å². The lowest BCUT2D eigenvalue weighted by atomic mass is 9.99. The van der Waals surface area contributed by atoms with Crippen molar-refractivity contribution in [1.82, 2.24) is 19.7 Å². The van der Waals surface area contributed by atoms with Crippen LogP contribution >= 0.6 is 0 Å². The Balaban J connectivity index is 1.65. The van der Waals surface area contributed by atoms with Crippen LogP contribution in [0.15, 0.2) is 24.4 Å². The normalized spacial score (nSPS) is 13.3. The number of fused-ring (bicyclic) bond motifs is 1. The minimum absolute atomic E-state index is 0.204. The molecule has 0 bridgehead atoms. The molecule has 1 aliphatic rings. The van der Waals surface area contributed by atoms with Gasteiger partial charge < -0.3 is 9.64 Å². The fourth-order valence-corrected chi connectivity index (χ4v) is 3.77. The van der Waals surface area contributed by atoms with Gasteiger partial charge in [-0.2, -0.15) is 5.10 Å². The first kappa shape index (κ1) is 19.9. The average molecular weight is 416 g/mol. The molecule has 0 unspecified atom stereocenters. The summed E-state index contributed by atoms with van der Waals surface area (Å²) in [6, 6.07) is 3.56. The summed E-state index contributed by atoms with van der Waals surface area (Å²) in [5.41, 5.74) is 3.21. The zero-order valence-corrected chi connectivity index (χ0v) is 16.7. The second kappa shape index (κ2) is 7.47. The Kier molecular flexibility index (Phi) is 4.97. The fourth-order valence-electron chi connectivity index (χ4n) is 3.77. The van der Waals surface area contributed by atoms with E-state index in [0.29, 0.717) is 41.4 Å². The minimum Gasteiger partial charge on any atom is -0.495 e. The number of carbonyl (C=O) groups excluding carboxylic acids is 1. The van der Waals surface area contributed by atoms with Crippen LogP contribution in [-0.4, -0.2) is 39.2 Å². The Bertz CT molecular complexity index is 1140. The first-order chi connectivity index (χ1) is 14.3. The van der Waals surface area contributed by atoms with Crippen LogP contribution in [-0.2, 0) is 20.0 Å². The van der Waals surface area contributed by atoms with Crippen LogP contribution in [0.25, 0.3) is 11.3 Å². The molecule has 1 aromatic carbocycles. The molecule has 1 aliphatic heterocycles. The summed E-state index contributed by atoms with van der Waals surface area (Å²) in [5, 5.41) is 4.43. The zero-order chi connectivity index (χ0) is 21.6. The van der Waals surface area contributed by atoms with Crippen molar-refractivity contribution in [2.75, 3.05) is 13.7 Å². The summed E-state index contributed by atoms with van der Waals surface area (Å²) in [6.45, 7) is 2.42. The topological polar surface area (TPSA) is 60.2 Å². The molecule has 2 aromatic heterocycles. The monoisotopic (exact) mass is 416 g/mol. The van der Waals surface area contributed by atoms with Crippen molar-refractivity contribution in [3.05, 3.63) is 64.4 Å². The Labute approximate surface area is 170 Å². The summed E-state index contributed by atoms with van der Waals surface area (Å²) < 4.78 is 47.5. The van der Waals surface area contributed by atoms with E-state index in [0.717, 1.165) is 17.7 Å². The van der Waals surface area contributed by atoms with Gasteiger partial charge in [-0.05, 0) is 31.5 Å². The molecule has 0 spiro atoms. The number of aryl methyl sites for hydroxylation is 2. The largest absolute Gasteiger partial charge is 0.495 e. The minimum atomic E-state index is -1.51. The lowest BCUT2D eigenvalue weighted by Crippen LogP contribution is -2.36. The number of ether oxygens (including phenoxy) is 1. The Morgan fingerprint density at radius 2 is 1.87 bits per heavy atom. The van der Waals surface area contributed by atoms with Crippen LogP contribution in [0.2, 0.25) is 0 Å². The van der Waals surface area contributed by atoms with Crippen LogP contribution in [0.5, 0.6) is 5.75 Å². The Morgan fingerprint density at radius 3 is 2.53 bits per heavy atom. The highest BCUT2D eigenvalue weighted by Gasteiger charge is 2.28. The van der Waals surface area contributed by atoms with Crippen molar-refractivity contribution < 1.29 is 22.7 Å². The number of rotatable bonds is 3. The second-order valence-electron chi connectivity index (χ2n) is 7.14. The van der Waals surface area contributed by atoms with Gasteiger partial charge in [-0.1, -0.05) is 0 Å². The van der Waals surface area contributed by atoms with Crippen LogP contribution in [0.3, 0.4) is 0 Å². The predicted molar refractivity (Wildman–Crippen MR) is 102 cm³/mol. The summed E-state index contributed by atoms with van der Waals surface area (Å²) in [4.78, 5) is 18.8. The first-order valence-corrected chi connectivity index (χ1v) is 9.29. The summed E-state index contributed by atoms with van der Waals surface area (Å²) in [6.07, 6.45) is 1.95. The van der Waals surface area contributed by atoms with E-state index in [9.17, 15) is 18.0 Å². The van der Waals surface area contributed by atoms with E-state index < -0.39 is 17.5 Å². The summed E-state index contributed by atoms with van der Waals surface area (Å²) in [5.74, 6) is -3.70. The molecule has 30 heavy (non-hydrogen) atoms. The van der Waals surface area contributed by atoms with Crippen LogP contribution in [0, 0.1) is 24.4 Å². The van der Waals surface area contributed by atoms with Crippen LogP contribution in [0.4, 0.5) is 13.2 Å². The molecule has 0 N–H and O–H groups in total. The van der Waals surface area contributed by atoms with Crippen molar-refractivity contribution in [3.8, 4) is 17.0 Å². The SMILES string of the molecule is COc1cc(C(=O)N2CCc3c(nn(C)c3-c3cc(F)c(F)c(F)c3)C2)cnc1C. The van der Waals surface area contributed by atoms with Gasteiger partial charge in [0, 0.05) is 30.9 Å². The molecular formula is C21H19F3N4O2. The van der Waals surface area contributed by atoms with E-state index >= 15 is 0 Å². The molecule has 3 heterocycles. The van der Waals surface area contributed by atoms with Gasteiger partial charge in [0.15, 0.2) is 17.5 Å².